The van der Waals surface area contributed by atoms with E-state index in [9.17, 15) is 14.4 Å². The summed E-state index contributed by atoms with van der Waals surface area (Å²) < 4.78 is 0. The Labute approximate surface area is 130 Å². The SMILES string of the molecule is CN[C@H](Cc1cccc(CCC(=O)/C=C/C(C)=O)c1)C(=O)O. The zero-order chi connectivity index (χ0) is 16.5. The van der Waals surface area contributed by atoms with Gasteiger partial charge in [-0.1, -0.05) is 24.3 Å². The zero-order valence-corrected chi connectivity index (χ0v) is 12.8. The fraction of sp³-hybridized carbons (Fsp3) is 0.353. The van der Waals surface area contributed by atoms with Crippen LogP contribution in [0.3, 0.4) is 0 Å². The van der Waals surface area contributed by atoms with Crippen molar-refractivity contribution < 1.29 is 19.5 Å². The third-order valence-corrected chi connectivity index (χ3v) is 3.24. The van der Waals surface area contributed by atoms with Crippen molar-refractivity contribution in [3.05, 3.63) is 47.5 Å². The highest BCUT2D eigenvalue weighted by Gasteiger charge is 2.15. The molecule has 0 radical (unpaired) electrons. The summed E-state index contributed by atoms with van der Waals surface area (Å²) in [5.74, 6) is -1.14. The van der Waals surface area contributed by atoms with Crippen molar-refractivity contribution in [1.82, 2.24) is 5.32 Å². The van der Waals surface area contributed by atoms with Crippen molar-refractivity contribution in [3.8, 4) is 0 Å². The number of carbonyl (C=O) groups is 3. The lowest BCUT2D eigenvalue weighted by Gasteiger charge is -2.11. The Morgan fingerprint density at radius 3 is 2.50 bits per heavy atom. The lowest BCUT2D eigenvalue weighted by molar-refractivity contribution is -0.139. The van der Waals surface area contributed by atoms with Crippen molar-refractivity contribution >= 4 is 17.5 Å². The predicted molar refractivity (Wildman–Crippen MR) is 83.8 cm³/mol. The number of carboxylic acids is 1. The smallest absolute Gasteiger partial charge is 0.321 e. The first-order chi connectivity index (χ1) is 10.4. The number of benzene rings is 1. The normalized spacial score (nSPS) is 12.3. The van der Waals surface area contributed by atoms with Gasteiger partial charge in [0.1, 0.15) is 6.04 Å². The second-order valence-electron chi connectivity index (χ2n) is 5.11. The van der Waals surface area contributed by atoms with E-state index < -0.39 is 12.0 Å². The third-order valence-electron chi connectivity index (χ3n) is 3.24. The molecule has 0 aliphatic rings. The van der Waals surface area contributed by atoms with Crippen molar-refractivity contribution in [2.24, 2.45) is 0 Å². The highest BCUT2D eigenvalue weighted by molar-refractivity contribution is 5.97. The molecule has 0 aromatic heterocycles. The number of hydrogen-bond acceptors (Lipinski definition) is 4. The highest BCUT2D eigenvalue weighted by atomic mass is 16.4. The number of ketones is 2. The monoisotopic (exact) mass is 303 g/mol. The summed E-state index contributed by atoms with van der Waals surface area (Å²) in [7, 11) is 1.61. The van der Waals surface area contributed by atoms with Crippen molar-refractivity contribution in [1.29, 1.82) is 0 Å². The number of aryl methyl sites for hydroxylation is 1. The van der Waals surface area contributed by atoms with E-state index in [1.165, 1.54) is 19.1 Å². The summed E-state index contributed by atoms with van der Waals surface area (Å²) >= 11 is 0. The molecule has 0 heterocycles. The van der Waals surface area contributed by atoms with Crippen LogP contribution in [0, 0.1) is 0 Å². The number of carboxylic acid groups (broad SMARTS) is 1. The summed E-state index contributed by atoms with van der Waals surface area (Å²) in [4.78, 5) is 33.4. The van der Waals surface area contributed by atoms with Crippen molar-refractivity contribution in [2.45, 2.75) is 32.2 Å². The number of allylic oxidation sites excluding steroid dienone is 2. The molecule has 0 spiro atoms. The van der Waals surface area contributed by atoms with Crippen LogP contribution in [-0.2, 0) is 27.2 Å². The largest absolute Gasteiger partial charge is 0.480 e. The van der Waals surface area contributed by atoms with E-state index >= 15 is 0 Å². The predicted octanol–water partition coefficient (Wildman–Crippen LogP) is 1.55. The number of aliphatic carboxylic acids is 1. The van der Waals surface area contributed by atoms with Gasteiger partial charge in [0, 0.05) is 6.42 Å². The second kappa shape index (κ2) is 8.89. The molecule has 0 aliphatic heterocycles. The maximum Gasteiger partial charge on any atom is 0.321 e. The first-order valence-electron chi connectivity index (χ1n) is 7.11. The quantitative estimate of drug-likeness (QED) is 0.676. The Morgan fingerprint density at radius 2 is 1.91 bits per heavy atom. The summed E-state index contributed by atoms with van der Waals surface area (Å²) in [6, 6.07) is 6.91. The topological polar surface area (TPSA) is 83.5 Å². The Bertz CT molecular complexity index is 578. The molecule has 1 aromatic rings. The lowest BCUT2D eigenvalue weighted by Crippen LogP contribution is -2.35. The van der Waals surface area contributed by atoms with Gasteiger partial charge in [-0.05, 0) is 50.1 Å². The van der Waals surface area contributed by atoms with Crippen LogP contribution in [0.1, 0.15) is 24.5 Å². The van der Waals surface area contributed by atoms with Gasteiger partial charge >= 0.3 is 5.97 Å². The van der Waals surface area contributed by atoms with Gasteiger partial charge < -0.3 is 10.4 Å². The van der Waals surface area contributed by atoms with E-state index in [1.54, 1.807) is 7.05 Å². The Hall–Kier alpha value is -2.27. The molecule has 5 heteroatoms. The maximum absolute atomic E-state index is 11.6. The lowest BCUT2D eigenvalue weighted by atomic mass is 10.0. The van der Waals surface area contributed by atoms with Gasteiger partial charge in [0.15, 0.2) is 11.6 Å². The number of likely N-dealkylation sites (N-methyl/N-ethyl adjacent to an activating group) is 1. The number of nitrogens with one attached hydrogen (secondary N) is 1. The zero-order valence-electron chi connectivity index (χ0n) is 12.8. The van der Waals surface area contributed by atoms with Gasteiger partial charge in [-0.25, -0.2) is 0 Å². The molecule has 2 N–H and O–H groups in total. The van der Waals surface area contributed by atoms with Crippen LogP contribution in [0.25, 0.3) is 0 Å². The maximum atomic E-state index is 11.6. The van der Waals surface area contributed by atoms with E-state index in [2.05, 4.69) is 5.32 Å². The fourth-order valence-electron chi connectivity index (χ4n) is 2.02. The fourth-order valence-corrected chi connectivity index (χ4v) is 2.02. The third kappa shape index (κ3) is 6.45. The first kappa shape index (κ1) is 17.8. The average Bonchev–Trinajstić information content (AvgIpc) is 2.48. The molecule has 0 bridgehead atoms. The van der Waals surface area contributed by atoms with Crippen LogP contribution >= 0.6 is 0 Å². The summed E-state index contributed by atoms with van der Waals surface area (Å²) in [6.07, 6.45) is 3.84. The van der Waals surface area contributed by atoms with E-state index in [-0.39, 0.29) is 11.6 Å². The van der Waals surface area contributed by atoms with E-state index in [0.29, 0.717) is 19.3 Å². The molecule has 0 aliphatic carbocycles. The molecule has 22 heavy (non-hydrogen) atoms. The number of rotatable bonds is 9. The molecule has 1 aromatic carbocycles. The molecule has 0 unspecified atom stereocenters. The van der Waals surface area contributed by atoms with Crippen LogP contribution in [0.2, 0.25) is 0 Å². The van der Waals surface area contributed by atoms with Gasteiger partial charge in [-0.3, -0.25) is 14.4 Å². The summed E-state index contributed by atoms with van der Waals surface area (Å²) in [5, 5.41) is 11.8. The molecule has 1 atom stereocenters. The highest BCUT2D eigenvalue weighted by Crippen LogP contribution is 2.10. The Kier molecular flexibility index (Phi) is 7.19. The molecule has 0 fully saturated rings. The van der Waals surface area contributed by atoms with Crippen LogP contribution in [0.4, 0.5) is 0 Å². The minimum Gasteiger partial charge on any atom is -0.480 e. The standard InChI is InChI=1S/C17H21NO4/c1-12(19)6-8-15(20)9-7-13-4-3-5-14(10-13)11-16(18-2)17(21)22/h3-6,8,10,16,18H,7,9,11H2,1-2H3,(H,21,22)/b8-6+/t16-/m1/s1. The molecule has 0 amide bonds. The van der Waals surface area contributed by atoms with E-state index in [0.717, 1.165) is 11.1 Å². The first-order valence-corrected chi connectivity index (χ1v) is 7.11. The minimum atomic E-state index is -0.891. The Balaban J connectivity index is 2.62. The average molecular weight is 303 g/mol. The van der Waals surface area contributed by atoms with E-state index in [4.69, 9.17) is 5.11 Å². The molecular formula is C17H21NO4. The van der Waals surface area contributed by atoms with E-state index in [1.807, 2.05) is 24.3 Å². The van der Waals surface area contributed by atoms with Gasteiger partial charge in [0.05, 0.1) is 0 Å². The van der Waals surface area contributed by atoms with Crippen LogP contribution in [0.5, 0.6) is 0 Å². The van der Waals surface area contributed by atoms with Crippen molar-refractivity contribution in [2.75, 3.05) is 7.05 Å². The molecular weight excluding hydrogens is 282 g/mol. The van der Waals surface area contributed by atoms with Crippen LogP contribution in [0.15, 0.2) is 36.4 Å². The summed E-state index contributed by atoms with van der Waals surface area (Å²) in [5.41, 5.74) is 1.88. The van der Waals surface area contributed by atoms with Gasteiger partial charge in [-0.2, -0.15) is 0 Å². The number of hydrogen-bond donors (Lipinski definition) is 2. The van der Waals surface area contributed by atoms with Crippen molar-refractivity contribution in [3.63, 3.8) is 0 Å². The van der Waals surface area contributed by atoms with Gasteiger partial charge in [0.2, 0.25) is 0 Å². The molecule has 0 saturated carbocycles. The molecule has 0 saturated heterocycles. The van der Waals surface area contributed by atoms with Gasteiger partial charge in [-0.15, -0.1) is 0 Å². The van der Waals surface area contributed by atoms with Crippen LogP contribution in [-0.4, -0.2) is 35.7 Å². The second-order valence-corrected chi connectivity index (χ2v) is 5.11. The molecule has 1 rings (SSSR count). The number of carbonyl (C=O) groups excluding carboxylic acids is 2. The molecule has 118 valence electrons. The minimum absolute atomic E-state index is 0.0979. The Morgan fingerprint density at radius 1 is 1.23 bits per heavy atom. The molecule has 5 nitrogen and oxygen atoms in total. The summed E-state index contributed by atoms with van der Waals surface area (Å²) in [6.45, 7) is 1.40. The van der Waals surface area contributed by atoms with Crippen LogP contribution < -0.4 is 5.32 Å². The van der Waals surface area contributed by atoms with Gasteiger partial charge in [0.25, 0.3) is 0 Å².